The Morgan fingerprint density at radius 2 is 1.71 bits per heavy atom. The summed E-state index contributed by atoms with van der Waals surface area (Å²) < 4.78 is 26.8. The van der Waals surface area contributed by atoms with Crippen LogP contribution in [0.5, 0.6) is 5.75 Å². The van der Waals surface area contributed by atoms with Crippen molar-refractivity contribution in [2.75, 3.05) is 20.6 Å². The topological polar surface area (TPSA) is 23.5 Å². The first-order valence-corrected chi connectivity index (χ1v) is 4.24. The molecule has 0 amide bonds. The molecular weight excluding hydrogens is 188 g/mol. The third-order valence-corrected chi connectivity index (χ3v) is 1.80. The van der Waals surface area contributed by atoms with Crippen LogP contribution >= 0.6 is 0 Å². The molecule has 0 bridgehead atoms. The predicted molar refractivity (Wildman–Crippen MR) is 50.6 cm³/mol. The average Bonchev–Trinajstić information content (AvgIpc) is 2.02. The number of hydrogen-bond acceptors (Lipinski definition) is 2. The smallest absolute Gasteiger partial charge is 0.285 e. The van der Waals surface area contributed by atoms with Crippen molar-refractivity contribution in [3.8, 4) is 5.75 Å². The number of nitrogens with zero attached hydrogens (tertiary/aromatic N) is 1. The molecule has 4 heteroatoms. The van der Waals surface area contributed by atoms with Crippen LogP contribution in [0.3, 0.4) is 0 Å². The molecule has 0 radical (unpaired) electrons. The van der Waals surface area contributed by atoms with Crippen LogP contribution in [0.4, 0.5) is 8.78 Å². The van der Waals surface area contributed by atoms with E-state index in [0.29, 0.717) is 0 Å². The molecule has 0 unspecified atom stereocenters. The fourth-order valence-corrected chi connectivity index (χ4v) is 1.19. The Morgan fingerprint density at radius 3 is 2.14 bits per heavy atom. The van der Waals surface area contributed by atoms with Gasteiger partial charge >= 0.3 is 0 Å². The number of benzene rings is 1. The van der Waals surface area contributed by atoms with Gasteiger partial charge in [-0.15, -0.1) is 0 Å². The maximum absolute atomic E-state index is 13.4. The summed E-state index contributed by atoms with van der Waals surface area (Å²) in [4.78, 5) is 1.42. The molecule has 2 nitrogen and oxygen atoms in total. The Labute approximate surface area is 81.8 Å². The number of hydrogen-bond donors (Lipinski definition) is 1. The molecule has 1 aromatic rings. The van der Waals surface area contributed by atoms with Gasteiger partial charge in [0.15, 0.2) is 0 Å². The Kier molecular flexibility index (Phi) is 3.06. The van der Waals surface area contributed by atoms with E-state index in [1.807, 2.05) is 0 Å². The molecular formula is C10H13F2NO. The lowest BCUT2D eigenvalue weighted by molar-refractivity contribution is -0.0270. The van der Waals surface area contributed by atoms with Gasteiger partial charge in [0.25, 0.3) is 5.92 Å². The van der Waals surface area contributed by atoms with Crippen molar-refractivity contribution in [3.63, 3.8) is 0 Å². The highest BCUT2D eigenvalue weighted by molar-refractivity contribution is 5.28. The fourth-order valence-electron chi connectivity index (χ4n) is 1.19. The van der Waals surface area contributed by atoms with Crippen LogP contribution in [0.25, 0.3) is 0 Å². The molecule has 0 atom stereocenters. The van der Waals surface area contributed by atoms with Gasteiger partial charge in [-0.1, -0.05) is 0 Å². The molecule has 78 valence electrons. The van der Waals surface area contributed by atoms with E-state index < -0.39 is 5.92 Å². The summed E-state index contributed by atoms with van der Waals surface area (Å²) in [7, 11) is 3.18. The van der Waals surface area contributed by atoms with Crippen molar-refractivity contribution in [3.05, 3.63) is 29.8 Å². The number of alkyl halides is 2. The third-order valence-electron chi connectivity index (χ3n) is 1.80. The first kappa shape index (κ1) is 10.9. The summed E-state index contributed by atoms with van der Waals surface area (Å²) in [5.74, 6) is -2.88. The van der Waals surface area contributed by atoms with Gasteiger partial charge in [-0.3, -0.25) is 0 Å². The zero-order valence-corrected chi connectivity index (χ0v) is 8.17. The summed E-state index contributed by atoms with van der Waals surface area (Å²) >= 11 is 0. The van der Waals surface area contributed by atoms with Crippen molar-refractivity contribution in [1.82, 2.24) is 4.90 Å². The zero-order chi connectivity index (χ0) is 10.8. The minimum atomic E-state index is -2.88. The first-order valence-electron chi connectivity index (χ1n) is 4.24. The predicted octanol–water partition coefficient (Wildman–Crippen LogP) is 2.05. The molecule has 0 aliphatic carbocycles. The van der Waals surface area contributed by atoms with Crippen LogP contribution in [0.1, 0.15) is 5.56 Å². The molecule has 1 N–H and O–H groups in total. The summed E-state index contributed by atoms with van der Waals surface area (Å²) in [6.45, 7) is -0.336. The number of aromatic hydroxyl groups is 1. The highest BCUT2D eigenvalue weighted by Crippen LogP contribution is 2.29. The number of halogens is 2. The zero-order valence-electron chi connectivity index (χ0n) is 8.17. The van der Waals surface area contributed by atoms with Crippen LogP contribution in [0.15, 0.2) is 24.3 Å². The van der Waals surface area contributed by atoms with Gasteiger partial charge in [0.05, 0.1) is 6.54 Å². The fraction of sp³-hybridized carbons (Fsp3) is 0.400. The summed E-state index contributed by atoms with van der Waals surface area (Å²) in [5.41, 5.74) is -0.0796. The minimum Gasteiger partial charge on any atom is -0.508 e. The maximum atomic E-state index is 13.4. The van der Waals surface area contributed by atoms with Crippen molar-refractivity contribution in [2.45, 2.75) is 5.92 Å². The highest BCUT2D eigenvalue weighted by Gasteiger charge is 2.31. The largest absolute Gasteiger partial charge is 0.508 e. The standard InChI is InChI=1S/C10H13F2NO/c1-13(2)7-10(11,12)8-3-5-9(14)6-4-8/h3-6,14H,7H2,1-2H3. The highest BCUT2D eigenvalue weighted by atomic mass is 19.3. The second-order valence-corrected chi connectivity index (χ2v) is 3.49. The summed E-state index contributed by atoms with van der Waals surface area (Å²) in [5, 5.41) is 8.95. The van der Waals surface area contributed by atoms with E-state index in [0.717, 1.165) is 0 Å². The number of rotatable bonds is 3. The van der Waals surface area contributed by atoms with E-state index in [2.05, 4.69) is 0 Å². The number of phenols is 1. The SMILES string of the molecule is CN(C)CC(F)(F)c1ccc(O)cc1. The van der Waals surface area contributed by atoms with Crippen molar-refractivity contribution in [2.24, 2.45) is 0 Å². The summed E-state index contributed by atoms with van der Waals surface area (Å²) in [6.07, 6.45) is 0. The molecule has 0 aromatic heterocycles. The quantitative estimate of drug-likeness (QED) is 0.809. The molecule has 0 saturated carbocycles. The van der Waals surface area contributed by atoms with Crippen molar-refractivity contribution in [1.29, 1.82) is 0 Å². The first-order chi connectivity index (χ1) is 6.42. The van der Waals surface area contributed by atoms with E-state index in [9.17, 15) is 8.78 Å². The monoisotopic (exact) mass is 201 g/mol. The van der Waals surface area contributed by atoms with E-state index >= 15 is 0 Å². The Bertz CT molecular complexity index is 295. The van der Waals surface area contributed by atoms with Gasteiger partial charge < -0.3 is 10.0 Å². The molecule has 1 rings (SSSR count). The molecule has 14 heavy (non-hydrogen) atoms. The number of phenolic OH excluding ortho intramolecular Hbond substituents is 1. The van der Waals surface area contributed by atoms with Crippen molar-refractivity contribution < 1.29 is 13.9 Å². The summed E-state index contributed by atoms with van der Waals surface area (Å²) in [6, 6.07) is 5.00. The van der Waals surface area contributed by atoms with E-state index in [-0.39, 0.29) is 17.9 Å². The lowest BCUT2D eigenvalue weighted by Crippen LogP contribution is -2.29. The minimum absolute atomic E-state index is 0.00518. The van der Waals surface area contributed by atoms with Gasteiger partial charge in [-0.05, 0) is 38.4 Å². The molecule has 0 spiro atoms. The van der Waals surface area contributed by atoms with E-state index in [1.54, 1.807) is 14.1 Å². The molecule has 0 aliphatic rings. The lowest BCUT2D eigenvalue weighted by atomic mass is 10.1. The van der Waals surface area contributed by atoms with Crippen LogP contribution in [0, 0.1) is 0 Å². The van der Waals surface area contributed by atoms with E-state index in [4.69, 9.17) is 5.11 Å². The second-order valence-electron chi connectivity index (χ2n) is 3.49. The van der Waals surface area contributed by atoms with Gasteiger partial charge in [0, 0.05) is 5.56 Å². The van der Waals surface area contributed by atoms with Crippen LogP contribution in [-0.4, -0.2) is 30.6 Å². The number of likely N-dealkylation sites (N-methyl/N-ethyl adjacent to an activating group) is 1. The normalized spacial score (nSPS) is 12.1. The maximum Gasteiger partial charge on any atom is 0.285 e. The second kappa shape index (κ2) is 3.92. The Hall–Kier alpha value is -1.16. The Balaban J connectivity index is 2.86. The molecule has 1 aromatic carbocycles. The van der Waals surface area contributed by atoms with E-state index in [1.165, 1.54) is 29.2 Å². The molecule has 0 heterocycles. The molecule has 0 fully saturated rings. The molecule has 0 aliphatic heterocycles. The van der Waals surface area contributed by atoms with Gasteiger partial charge in [0.1, 0.15) is 5.75 Å². The van der Waals surface area contributed by atoms with Crippen LogP contribution in [-0.2, 0) is 5.92 Å². The van der Waals surface area contributed by atoms with Gasteiger partial charge in [-0.25, -0.2) is 0 Å². The third kappa shape index (κ3) is 2.67. The van der Waals surface area contributed by atoms with Gasteiger partial charge in [-0.2, -0.15) is 8.78 Å². The van der Waals surface area contributed by atoms with Gasteiger partial charge in [0.2, 0.25) is 0 Å². The average molecular weight is 201 g/mol. The lowest BCUT2D eigenvalue weighted by Gasteiger charge is -2.20. The van der Waals surface area contributed by atoms with Crippen molar-refractivity contribution >= 4 is 0 Å². The Morgan fingerprint density at radius 1 is 1.21 bits per heavy atom. The molecule has 0 saturated heterocycles. The van der Waals surface area contributed by atoms with Crippen LogP contribution < -0.4 is 0 Å². The van der Waals surface area contributed by atoms with Crippen LogP contribution in [0.2, 0.25) is 0 Å².